The minimum atomic E-state index is -0.590. The van der Waals surface area contributed by atoms with Crippen molar-refractivity contribution in [3.8, 4) is 11.1 Å². The summed E-state index contributed by atoms with van der Waals surface area (Å²) in [6.07, 6.45) is -0.590. The lowest BCUT2D eigenvalue weighted by Gasteiger charge is -2.14. The first kappa shape index (κ1) is 15.8. The molecule has 4 nitrogen and oxygen atoms in total. The van der Waals surface area contributed by atoms with Gasteiger partial charge in [-0.3, -0.25) is 4.79 Å². The minimum absolute atomic E-state index is 0.199. The number of carbonyl (C=O) groups is 1. The van der Waals surface area contributed by atoms with Crippen LogP contribution in [0.3, 0.4) is 0 Å². The van der Waals surface area contributed by atoms with Crippen LogP contribution >= 0.6 is 22.6 Å². The van der Waals surface area contributed by atoms with Crippen LogP contribution in [0.4, 0.5) is 5.69 Å². The molecule has 1 atom stereocenters. The number of aliphatic hydroxyl groups is 1. The highest BCUT2D eigenvalue weighted by atomic mass is 127. The molecule has 0 unspecified atom stereocenters. The van der Waals surface area contributed by atoms with Crippen molar-refractivity contribution in [3.63, 3.8) is 0 Å². The lowest BCUT2D eigenvalue weighted by atomic mass is 10.00. The predicted molar refractivity (Wildman–Crippen MR) is 93.0 cm³/mol. The Kier molecular flexibility index (Phi) is 5.19. The quantitative estimate of drug-likeness (QED) is 0.550. The number of hydrogen-bond acceptors (Lipinski definition) is 3. The standard InChI is InChI=1S/C16H17IN2O2/c1-10(20)9-19-16(21)12-7-8-13(17)14(15(12)18)11-5-3-2-4-6-11/h2-8,10,20H,9,18H2,1H3,(H,19,21)/t10-/m1/s1. The number of halogens is 1. The van der Waals surface area contributed by atoms with Gasteiger partial charge in [-0.1, -0.05) is 30.3 Å². The minimum Gasteiger partial charge on any atom is -0.398 e. The van der Waals surface area contributed by atoms with Crippen LogP contribution in [-0.4, -0.2) is 23.7 Å². The number of nitrogens with two attached hydrogens (primary N) is 1. The summed E-state index contributed by atoms with van der Waals surface area (Å²) in [5.74, 6) is -0.276. The number of amides is 1. The van der Waals surface area contributed by atoms with E-state index in [-0.39, 0.29) is 12.5 Å². The first-order valence-corrected chi connectivity index (χ1v) is 7.68. The topological polar surface area (TPSA) is 75.3 Å². The molecule has 0 saturated heterocycles. The second-order valence-electron chi connectivity index (χ2n) is 4.81. The highest BCUT2D eigenvalue weighted by Crippen LogP contribution is 2.33. The number of benzene rings is 2. The van der Waals surface area contributed by atoms with Crippen molar-refractivity contribution in [2.45, 2.75) is 13.0 Å². The normalized spacial score (nSPS) is 12.0. The molecular formula is C16H17IN2O2. The van der Waals surface area contributed by atoms with E-state index in [1.54, 1.807) is 13.0 Å². The molecule has 0 aromatic heterocycles. The molecule has 0 fully saturated rings. The molecule has 4 N–H and O–H groups in total. The molecular weight excluding hydrogens is 379 g/mol. The van der Waals surface area contributed by atoms with Gasteiger partial charge >= 0.3 is 0 Å². The number of hydrogen-bond donors (Lipinski definition) is 3. The largest absolute Gasteiger partial charge is 0.398 e. The Hall–Kier alpha value is -1.60. The molecule has 1 amide bonds. The SMILES string of the molecule is C[C@@H](O)CNC(=O)c1ccc(I)c(-c2ccccc2)c1N. The van der Waals surface area contributed by atoms with Crippen molar-refractivity contribution in [1.82, 2.24) is 5.32 Å². The lowest BCUT2D eigenvalue weighted by molar-refractivity contribution is 0.0925. The van der Waals surface area contributed by atoms with Gasteiger partial charge in [0.2, 0.25) is 0 Å². The molecule has 0 radical (unpaired) electrons. The fourth-order valence-corrected chi connectivity index (χ4v) is 2.81. The second kappa shape index (κ2) is 6.91. The molecule has 0 aliphatic heterocycles. The van der Waals surface area contributed by atoms with Crippen molar-refractivity contribution in [3.05, 3.63) is 51.6 Å². The van der Waals surface area contributed by atoms with E-state index in [0.717, 1.165) is 14.7 Å². The number of nitrogen functional groups attached to an aromatic ring is 1. The molecule has 2 aromatic rings. The van der Waals surface area contributed by atoms with Crippen LogP contribution in [0.1, 0.15) is 17.3 Å². The van der Waals surface area contributed by atoms with Crippen molar-refractivity contribution in [1.29, 1.82) is 0 Å². The second-order valence-corrected chi connectivity index (χ2v) is 5.97. The van der Waals surface area contributed by atoms with Gasteiger partial charge in [-0.05, 0) is 47.2 Å². The Morgan fingerprint density at radius 1 is 1.29 bits per heavy atom. The third-order valence-corrected chi connectivity index (χ3v) is 3.96. The van der Waals surface area contributed by atoms with Gasteiger partial charge in [0, 0.05) is 15.7 Å². The van der Waals surface area contributed by atoms with Gasteiger partial charge in [-0.15, -0.1) is 0 Å². The van der Waals surface area contributed by atoms with E-state index in [9.17, 15) is 9.90 Å². The Labute approximate surface area is 137 Å². The maximum atomic E-state index is 12.2. The summed E-state index contributed by atoms with van der Waals surface area (Å²) in [7, 11) is 0. The molecule has 0 heterocycles. The zero-order valence-corrected chi connectivity index (χ0v) is 13.8. The van der Waals surface area contributed by atoms with Gasteiger partial charge in [0.05, 0.1) is 17.4 Å². The first-order chi connectivity index (χ1) is 10.0. The zero-order valence-electron chi connectivity index (χ0n) is 11.6. The molecule has 0 bridgehead atoms. The van der Waals surface area contributed by atoms with E-state index in [1.807, 2.05) is 36.4 Å². The van der Waals surface area contributed by atoms with Crippen molar-refractivity contribution in [2.75, 3.05) is 12.3 Å². The van der Waals surface area contributed by atoms with E-state index >= 15 is 0 Å². The van der Waals surface area contributed by atoms with Gasteiger partial charge in [0.15, 0.2) is 0 Å². The summed E-state index contributed by atoms with van der Waals surface area (Å²) in [6, 6.07) is 13.3. The molecule has 0 saturated carbocycles. The Balaban J connectivity index is 2.40. The fraction of sp³-hybridized carbons (Fsp3) is 0.188. The maximum Gasteiger partial charge on any atom is 0.253 e. The molecule has 110 valence electrons. The van der Waals surface area contributed by atoms with Gasteiger partial charge in [-0.2, -0.15) is 0 Å². The van der Waals surface area contributed by atoms with Gasteiger partial charge in [0.25, 0.3) is 5.91 Å². The first-order valence-electron chi connectivity index (χ1n) is 6.60. The maximum absolute atomic E-state index is 12.2. The van der Waals surface area contributed by atoms with Crippen LogP contribution in [0, 0.1) is 3.57 Å². The van der Waals surface area contributed by atoms with Crippen molar-refractivity contribution < 1.29 is 9.90 Å². The number of carbonyl (C=O) groups excluding carboxylic acids is 1. The fourth-order valence-electron chi connectivity index (χ4n) is 2.02. The summed E-state index contributed by atoms with van der Waals surface area (Å²) < 4.78 is 0.989. The molecule has 5 heteroatoms. The van der Waals surface area contributed by atoms with E-state index in [1.165, 1.54) is 0 Å². The summed E-state index contributed by atoms with van der Waals surface area (Å²) in [6.45, 7) is 1.82. The molecule has 0 aliphatic carbocycles. The van der Waals surface area contributed by atoms with Gasteiger partial charge in [0.1, 0.15) is 0 Å². The van der Waals surface area contributed by atoms with Crippen molar-refractivity contribution in [2.24, 2.45) is 0 Å². The highest BCUT2D eigenvalue weighted by molar-refractivity contribution is 14.1. The third-order valence-electron chi connectivity index (χ3n) is 3.06. The lowest BCUT2D eigenvalue weighted by Crippen LogP contribution is -2.31. The molecule has 21 heavy (non-hydrogen) atoms. The van der Waals surface area contributed by atoms with Gasteiger partial charge in [-0.25, -0.2) is 0 Å². The monoisotopic (exact) mass is 396 g/mol. The number of rotatable bonds is 4. The van der Waals surface area contributed by atoms with E-state index in [2.05, 4.69) is 27.9 Å². The highest BCUT2D eigenvalue weighted by Gasteiger charge is 2.16. The Bertz CT molecular complexity index is 642. The number of aliphatic hydroxyl groups excluding tert-OH is 1. The summed E-state index contributed by atoms with van der Waals surface area (Å²) >= 11 is 2.21. The van der Waals surface area contributed by atoms with E-state index < -0.39 is 6.10 Å². The van der Waals surface area contributed by atoms with Crippen LogP contribution < -0.4 is 11.1 Å². The predicted octanol–water partition coefficient (Wildman–Crippen LogP) is 2.65. The molecule has 2 rings (SSSR count). The van der Waals surface area contributed by atoms with E-state index in [4.69, 9.17) is 5.73 Å². The number of nitrogens with one attached hydrogen (secondary N) is 1. The average molecular weight is 396 g/mol. The zero-order chi connectivity index (χ0) is 15.4. The van der Waals surface area contributed by atoms with E-state index in [0.29, 0.717) is 11.3 Å². The Morgan fingerprint density at radius 3 is 2.57 bits per heavy atom. The molecule has 2 aromatic carbocycles. The van der Waals surface area contributed by atoms with Crippen LogP contribution in [0.2, 0.25) is 0 Å². The van der Waals surface area contributed by atoms with Gasteiger partial charge < -0.3 is 16.2 Å². The van der Waals surface area contributed by atoms with Crippen LogP contribution in [-0.2, 0) is 0 Å². The van der Waals surface area contributed by atoms with Crippen LogP contribution in [0.25, 0.3) is 11.1 Å². The average Bonchev–Trinajstić information content (AvgIpc) is 2.46. The third kappa shape index (κ3) is 3.74. The summed E-state index contributed by atoms with van der Waals surface area (Å²) in [5.41, 5.74) is 8.91. The number of anilines is 1. The Morgan fingerprint density at radius 2 is 1.95 bits per heavy atom. The van der Waals surface area contributed by atoms with Crippen molar-refractivity contribution >= 4 is 34.2 Å². The van der Waals surface area contributed by atoms with Crippen LogP contribution in [0.5, 0.6) is 0 Å². The summed E-state index contributed by atoms with van der Waals surface area (Å²) in [4.78, 5) is 12.2. The molecule has 0 aliphatic rings. The molecule has 0 spiro atoms. The summed E-state index contributed by atoms with van der Waals surface area (Å²) in [5, 5.41) is 11.9. The smallest absolute Gasteiger partial charge is 0.253 e. The van der Waals surface area contributed by atoms with Crippen LogP contribution in [0.15, 0.2) is 42.5 Å².